The van der Waals surface area contributed by atoms with Crippen LogP contribution in [0.2, 0.25) is 0 Å². The van der Waals surface area contributed by atoms with Crippen LogP contribution in [0, 0.1) is 9.39 Å². The van der Waals surface area contributed by atoms with Crippen LogP contribution in [0.15, 0.2) is 30.6 Å². The fraction of sp³-hybridized carbons (Fsp3) is 0.409. The number of carbonyl (C=O) groups excluding carboxylic acids is 2. The van der Waals surface area contributed by atoms with Crippen LogP contribution < -0.4 is 5.32 Å². The molecule has 1 spiro atoms. The van der Waals surface area contributed by atoms with Crippen molar-refractivity contribution in [1.82, 2.24) is 25.1 Å². The summed E-state index contributed by atoms with van der Waals surface area (Å²) in [6.45, 7) is 2.43. The van der Waals surface area contributed by atoms with E-state index < -0.39 is 5.82 Å². The first kappa shape index (κ1) is 21.9. The largest absolute Gasteiger partial charge is 0.356 e. The highest BCUT2D eigenvalue weighted by molar-refractivity contribution is 14.1. The van der Waals surface area contributed by atoms with Crippen LogP contribution in [0.3, 0.4) is 0 Å². The van der Waals surface area contributed by atoms with Crippen molar-refractivity contribution in [2.45, 2.75) is 18.3 Å². The van der Waals surface area contributed by atoms with Gasteiger partial charge in [0.1, 0.15) is 0 Å². The number of rotatable bonds is 4. The lowest BCUT2D eigenvalue weighted by atomic mass is 9.72. The van der Waals surface area contributed by atoms with Gasteiger partial charge in [0.15, 0.2) is 5.82 Å². The average Bonchev–Trinajstić information content (AvgIpc) is 3.10. The van der Waals surface area contributed by atoms with E-state index >= 15 is 0 Å². The third-order valence-corrected chi connectivity index (χ3v) is 7.17. The first-order chi connectivity index (χ1) is 14.8. The first-order valence-corrected chi connectivity index (χ1v) is 11.3. The number of likely N-dealkylation sites (tertiary alicyclic amines) is 1. The third-order valence-electron chi connectivity index (χ3n) is 6.09. The molecule has 0 bridgehead atoms. The topological polar surface area (TPSA) is 81.3 Å². The molecule has 2 aromatic heterocycles. The van der Waals surface area contributed by atoms with Gasteiger partial charge in [0.05, 0.1) is 21.0 Å². The Balaban J connectivity index is 1.60. The zero-order chi connectivity index (χ0) is 22.2. The quantitative estimate of drug-likeness (QED) is 0.464. The molecule has 31 heavy (non-hydrogen) atoms. The van der Waals surface area contributed by atoms with Gasteiger partial charge in [-0.15, -0.1) is 0 Å². The lowest BCUT2D eigenvalue weighted by Gasteiger charge is -2.43. The Morgan fingerprint density at radius 1 is 1.39 bits per heavy atom. The molecule has 0 atom stereocenters. The Morgan fingerprint density at radius 3 is 2.81 bits per heavy atom. The van der Waals surface area contributed by atoms with E-state index in [2.05, 4.69) is 37.9 Å². The predicted molar refractivity (Wildman–Crippen MR) is 124 cm³/mol. The number of carbonyl (C=O) groups is 2. The molecule has 0 unspecified atom stereocenters. The molecular formula is C22H25FIN5O2. The second kappa shape index (κ2) is 8.70. The molecule has 2 N–H and O–H groups in total. The monoisotopic (exact) mass is 537 g/mol. The number of fused-ring (bicyclic) bond motifs is 2. The van der Waals surface area contributed by atoms with E-state index in [0.717, 1.165) is 18.5 Å². The van der Waals surface area contributed by atoms with Gasteiger partial charge in [-0.25, -0.2) is 4.39 Å². The number of piperidine rings is 1. The Kier molecular flexibility index (Phi) is 6.16. The molecule has 0 saturated carbocycles. The Labute approximate surface area is 194 Å². The number of hydrogen-bond acceptors (Lipinski definition) is 4. The number of halogens is 2. The van der Waals surface area contributed by atoms with Crippen LogP contribution >= 0.6 is 22.6 Å². The molecule has 0 aliphatic carbocycles. The van der Waals surface area contributed by atoms with Crippen LogP contribution in [0.25, 0.3) is 11.3 Å². The molecule has 9 heteroatoms. The summed E-state index contributed by atoms with van der Waals surface area (Å²) in [5.41, 5.74) is 2.14. The molecule has 0 radical (unpaired) electrons. The van der Waals surface area contributed by atoms with Gasteiger partial charge in [-0.3, -0.25) is 14.6 Å². The molecule has 2 aromatic rings. The van der Waals surface area contributed by atoms with Crippen LogP contribution in [0.1, 0.15) is 28.9 Å². The minimum Gasteiger partial charge on any atom is -0.356 e. The number of nitrogens with zero attached hydrogens (tertiary/aromatic N) is 3. The number of aromatic amines is 1. The Morgan fingerprint density at radius 2 is 2.13 bits per heavy atom. The SMILES string of the molecule is CN(C)CC=CC(=O)N1CCC2(CC1)CNC(=O)c1c2[nH]c(-c2ccncc2F)c1I. The highest BCUT2D eigenvalue weighted by Crippen LogP contribution is 2.43. The van der Waals surface area contributed by atoms with E-state index in [1.54, 1.807) is 12.1 Å². The van der Waals surface area contributed by atoms with Gasteiger partial charge in [0.2, 0.25) is 5.91 Å². The summed E-state index contributed by atoms with van der Waals surface area (Å²) < 4.78 is 15.1. The lowest BCUT2D eigenvalue weighted by molar-refractivity contribution is -0.127. The van der Waals surface area contributed by atoms with Crippen molar-refractivity contribution in [2.24, 2.45) is 0 Å². The average molecular weight is 537 g/mol. The Hall–Kier alpha value is -2.27. The molecule has 0 aromatic carbocycles. The van der Waals surface area contributed by atoms with Gasteiger partial charge in [0, 0.05) is 55.1 Å². The molecule has 2 aliphatic rings. The maximum atomic E-state index is 14.4. The van der Waals surface area contributed by atoms with Crippen molar-refractivity contribution in [2.75, 3.05) is 40.3 Å². The van der Waals surface area contributed by atoms with Crippen molar-refractivity contribution >= 4 is 34.4 Å². The Bertz CT molecular complexity index is 1040. The molecule has 4 heterocycles. The van der Waals surface area contributed by atoms with Crippen molar-refractivity contribution in [3.63, 3.8) is 0 Å². The van der Waals surface area contributed by atoms with E-state index in [1.807, 2.05) is 30.0 Å². The summed E-state index contributed by atoms with van der Waals surface area (Å²) in [5, 5.41) is 3.02. The molecule has 7 nitrogen and oxygen atoms in total. The summed E-state index contributed by atoms with van der Waals surface area (Å²) in [6, 6.07) is 1.61. The molecule has 164 valence electrons. The van der Waals surface area contributed by atoms with Gasteiger partial charge >= 0.3 is 0 Å². The molecule has 1 saturated heterocycles. The minimum atomic E-state index is -0.432. The van der Waals surface area contributed by atoms with Crippen molar-refractivity contribution in [1.29, 1.82) is 0 Å². The van der Waals surface area contributed by atoms with Crippen molar-refractivity contribution in [3.8, 4) is 11.3 Å². The van der Waals surface area contributed by atoms with Crippen LogP contribution in [-0.2, 0) is 10.2 Å². The molecule has 2 amide bonds. The van der Waals surface area contributed by atoms with Gasteiger partial charge in [-0.2, -0.15) is 0 Å². The van der Waals surface area contributed by atoms with Crippen molar-refractivity contribution < 1.29 is 14.0 Å². The van der Waals surface area contributed by atoms with E-state index in [0.29, 0.717) is 46.6 Å². The summed E-state index contributed by atoms with van der Waals surface area (Å²) in [6.07, 6.45) is 7.67. The van der Waals surface area contributed by atoms with E-state index in [-0.39, 0.29) is 17.2 Å². The normalized spacial score (nSPS) is 18.0. The van der Waals surface area contributed by atoms with Crippen molar-refractivity contribution in [3.05, 3.63) is 51.3 Å². The summed E-state index contributed by atoms with van der Waals surface area (Å²) in [5.74, 6) is -0.567. The number of amides is 2. The van der Waals surface area contributed by atoms with Crippen LogP contribution in [0.4, 0.5) is 4.39 Å². The molecule has 2 aliphatic heterocycles. The maximum absolute atomic E-state index is 14.4. The number of pyridine rings is 1. The third kappa shape index (κ3) is 4.12. The second-order valence-electron chi connectivity index (χ2n) is 8.37. The number of aromatic nitrogens is 2. The van der Waals surface area contributed by atoms with E-state index in [9.17, 15) is 14.0 Å². The van der Waals surface area contributed by atoms with E-state index in [1.165, 1.54) is 12.4 Å². The summed E-state index contributed by atoms with van der Waals surface area (Å²) in [7, 11) is 3.91. The fourth-order valence-corrected chi connectivity index (χ4v) is 5.27. The minimum absolute atomic E-state index is 0.0115. The van der Waals surface area contributed by atoms with Gasteiger partial charge in [0.25, 0.3) is 5.91 Å². The van der Waals surface area contributed by atoms with Crippen LogP contribution in [-0.4, -0.2) is 71.9 Å². The van der Waals surface area contributed by atoms with Gasteiger partial charge in [-0.1, -0.05) is 6.08 Å². The summed E-state index contributed by atoms with van der Waals surface area (Å²) >= 11 is 2.11. The lowest BCUT2D eigenvalue weighted by Crippen LogP contribution is -2.53. The number of H-pyrrole nitrogens is 1. The van der Waals surface area contributed by atoms with Crippen LogP contribution in [0.5, 0.6) is 0 Å². The predicted octanol–water partition coefficient (Wildman–Crippen LogP) is 2.54. The number of hydrogen-bond donors (Lipinski definition) is 2. The fourth-order valence-electron chi connectivity index (χ4n) is 4.33. The van der Waals surface area contributed by atoms with Gasteiger partial charge in [-0.05, 0) is 55.6 Å². The first-order valence-electron chi connectivity index (χ1n) is 10.2. The maximum Gasteiger partial charge on any atom is 0.254 e. The number of likely N-dealkylation sites (N-methyl/N-ethyl adjacent to an activating group) is 1. The summed E-state index contributed by atoms with van der Waals surface area (Å²) in [4.78, 5) is 36.3. The van der Waals surface area contributed by atoms with E-state index in [4.69, 9.17) is 0 Å². The number of nitrogens with one attached hydrogen (secondary N) is 2. The molecule has 4 rings (SSSR count). The van der Waals surface area contributed by atoms with Gasteiger partial charge < -0.3 is 20.1 Å². The smallest absolute Gasteiger partial charge is 0.254 e. The zero-order valence-corrected chi connectivity index (χ0v) is 19.7. The standard InChI is InChI=1S/C22H25FIN5O2/c1-28(2)9-3-4-16(30)29-10-6-22(7-11-29)13-26-21(31)17-18(24)19(27-20(17)22)14-5-8-25-12-15(14)23/h3-5,8,12,27H,6-7,9-11,13H2,1-2H3,(H,26,31). The molecular weight excluding hydrogens is 512 g/mol. The highest BCUT2D eigenvalue weighted by atomic mass is 127. The zero-order valence-electron chi connectivity index (χ0n) is 17.5. The molecule has 1 fully saturated rings. The highest BCUT2D eigenvalue weighted by Gasteiger charge is 2.45. The second-order valence-corrected chi connectivity index (χ2v) is 9.45.